The first-order valence-electron chi connectivity index (χ1n) is 6.38. The minimum atomic E-state index is -0.254. The first kappa shape index (κ1) is 12.8. The zero-order chi connectivity index (χ0) is 13.0. The molecule has 1 aromatic rings. The van der Waals surface area contributed by atoms with E-state index in [2.05, 4.69) is 10.3 Å². The van der Waals surface area contributed by atoms with Gasteiger partial charge in [0.15, 0.2) is 0 Å². The molecule has 1 fully saturated rings. The molecule has 5 nitrogen and oxygen atoms in total. The number of amides is 1. The van der Waals surface area contributed by atoms with Crippen molar-refractivity contribution in [2.75, 3.05) is 18.5 Å². The fourth-order valence-corrected chi connectivity index (χ4v) is 2.40. The van der Waals surface area contributed by atoms with Crippen LogP contribution < -0.4 is 16.0 Å². The highest BCUT2D eigenvalue weighted by molar-refractivity contribution is 5.83. The Morgan fingerprint density at radius 3 is 3.00 bits per heavy atom. The molecule has 1 aliphatic heterocycles. The molecule has 18 heavy (non-hydrogen) atoms. The van der Waals surface area contributed by atoms with Crippen molar-refractivity contribution in [3.8, 4) is 0 Å². The van der Waals surface area contributed by atoms with E-state index in [1.165, 1.54) is 0 Å². The largest absolute Gasteiger partial charge is 0.368 e. The molecule has 0 aromatic carbocycles. The number of pyridine rings is 1. The Hall–Kier alpha value is -1.62. The van der Waals surface area contributed by atoms with E-state index in [1.54, 1.807) is 0 Å². The molecular formula is C13H20N4O. The maximum atomic E-state index is 11.5. The number of nitrogens with one attached hydrogen (secondary N) is 1. The molecule has 0 spiro atoms. The van der Waals surface area contributed by atoms with Crippen LogP contribution in [0.3, 0.4) is 0 Å². The van der Waals surface area contributed by atoms with E-state index in [1.807, 2.05) is 30.3 Å². The van der Waals surface area contributed by atoms with Gasteiger partial charge in [0.2, 0.25) is 5.91 Å². The third-order valence-corrected chi connectivity index (χ3v) is 3.32. The summed E-state index contributed by atoms with van der Waals surface area (Å²) in [6, 6.07) is 3.79. The van der Waals surface area contributed by atoms with Crippen LogP contribution in [0, 0.1) is 0 Å². The van der Waals surface area contributed by atoms with Crippen LogP contribution in [0.4, 0.5) is 5.82 Å². The number of aromatic nitrogens is 1. The number of rotatable bonds is 4. The maximum absolute atomic E-state index is 11.5. The van der Waals surface area contributed by atoms with Crippen molar-refractivity contribution in [1.82, 2.24) is 10.3 Å². The molecule has 1 atom stereocenters. The van der Waals surface area contributed by atoms with Gasteiger partial charge in [0.25, 0.3) is 0 Å². The topological polar surface area (TPSA) is 71.2 Å². The van der Waals surface area contributed by atoms with Gasteiger partial charge in [-0.1, -0.05) is 6.07 Å². The van der Waals surface area contributed by atoms with Crippen molar-refractivity contribution in [2.24, 2.45) is 5.73 Å². The monoisotopic (exact) mass is 248 g/mol. The average Bonchev–Trinajstić information content (AvgIpc) is 2.40. The fourth-order valence-electron chi connectivity index (χ4n) is 2.40. The molecule has 0 saturated carbocycles. The summed E-state index contributed by atoms with van der Waals surface area (Å²) >= 11 is 0. The van der Waals surface area contributed by atoms with Gasteiger partial charge in [0.05, 0.1) is 0 Å². The summed E-state index contributed by atoms with van der Waals surface area (Å²) in [6.07, 6.45) is 4.82. The highest BCUT2D eigenvalue weighted by Gasteiger charge is 2.27. The molecule has 3 N–H and O–H groups in total. The van der Waals surface area contributed by atoms with Crippen LogP contribution in [0.5, 0.6) is 0 Å². The SMILES string of the molecule is CNCc1ccc(N2CCCCC2C(N)=O)nc1. The van der Waals surface area contributed by atoms with Crippen molar-refractivity contribution in [3.63, 3.8) is 0 Å². The Morgan fingerprint density at radius 1 is 1.56 bits per heavy atom. The van der Waals surface area contributed by atoms with Crippen molar-refractivity contribution in [3.05, 3.63) is 23.9 Å². The standard InChI is InChI=1S/C13H20N4O/c1-15-8-10-5-6-12(16-9-10)17-7-3-2-4-11(17)13(14)18/h5-6,9,11,15H,2-4,7-8H2,1H3,(H2,14,18). The van der Waals surface area contributed by atoms with Crippen LogP contribution in [0.1, 0.15) is 24.8 Å². The predicted octanol–water partition coefficient (Wildman–Crippen LogP) is 0.645. The normalized spacial score (nSPS) is 19.8. The molecule has 1 amide bonds. The first-order valence-corrected chi connectivity index (χ1v) is 6.38. The second-order valence-electron chi connectivity index (χ2n) is 4.66. The van der Waals surface area contributed by atoms with Gasteiger partial charge in [-0.25, -0.2) is 4.98 Å². The zero-order valence-electron chi connectivity index (χ0n) is 10.7. The minimum Gasteiger partial charge on any atom is -0.368 e. The smallest absolute Gasteiger partial charge is 0.240 e. The first-order chi connectivity index (χ1) is 8.72. The minimum absolute atomic E-state index is 0.207. The lowest BCUT2D eigenvalue weighted by molar-refractivity contribution is -0.119. The Morgan fingerprint density at radius 2 is 2.39 bits per heavy atom. The predicted molar refractivity (Wildman–Crippen MR) is 71.2 cm³/mol. The number of carbonyl (C=O) groups excluding carboxylic acids is 1. The van der Waals surface area contributed by atoms with E-state index < -0.39 is 0 Å². The van der Waals surface area contributed by atoms with Gasteiger partial charge in [-0.3, -0.25) is 4.79 Å². The van der Waals surface area contributed by atoms with Crippen molar-refractivity contribution in [2.45, 2.75) is 31.8 Å². The molecule has 1 unspecified atom stereocenters. The highest BCUT2D eigenvalue weighted by atomic mass is 16.1. The number of nitrogens with two attached hydrogens (primary N) is 1. The Bertz CT molecular complexity index is 404. The number of anilines is 1. The molecule has 1 aliphatic rings. The molecule has 1 aromatic heterocycles. The van der Waals surface area contributed by atoms with E-state index in [9.17, 15) is 4.79 Å². The van der Waals surface area contributed by atoms with Crippen molar-refractivity contribution >= 4 is 11.7 Å². The number of hydrogen-bond donors (Lipinski definition) is 2. The molecule has 2 heterocycles. The Balaban J connectivity index is 2.15. The number of carbonyl (C=O) groups is 1. The second-order valence-corrected chi connectivity index (χ2v) is 4.66. The number of nitrogens with zero attached hydrogens (tertiary/aromatic N) is 2. The summed E-state index contributed by atoms with van der Waals surface area (Å²) in [5.74, 6) is 0.592. The number of hydrogen-bond acceptors (Lipinski definition) is 4. The summed E-state index contributed by atoms with van der Waals surface area (Å²) in [4.78, 5) is 17.9. The lowest BCUT2D eigenvalue weighted by atomic mass is 10.0. The van der Waals surface area contributed by atoms with E-state index in [0.29, 0.717) is 0 Å². The average molecular weight is 248 g/mol. The van der Waals surface area contributed by atoms with Gasteiger partial charge >= 0.3 is 0 Å². The number of piperidine rings is 1. The molecule has 2 rings (SSSR count). The van der Waals surface area contributed by atoms with Gasteiger partial charge in [0, 0.05) is 19.3 Å². The third kappa shape index (κ3) is 2.79. The van der Waals surface area contributed by atoms with Gasteiger partial charge in [0.1, 0.15) is 11.9 Å². The summed E-state index contributed by atoms with van der Waals surface area (Å²) in [6.45, 7) is 1.65. The molecule has 0 aliphatic carbocycles. The van der Waals surface area contributed by atoms with Crippen molar-refractivity contribution in [1.29, 1.82) is 0 Å². The van der Waals surface area contributed by atoms with Gasteiger partial charge in [-0.15, -0.1) is 0 Å². The van der Waals surface area contributed by atoms with E-state index in [0.717, 1.165) is 43.7 Å². The quantitative estimate of drug-likeness (QED) is 0.820. The lowest BCUT2D eigenvalue weighted by Gasteiger charge is -2.34. The van der Waals surface area contributed by atoms with Crippen LogP contribution in [0.15, 0.2) is 18.3 Å². The second kappa shape index (κ2) is 5.82. The van der Waals surface area contributed by atoms with Crippen LogP contribution in [-0.4, -0.2) is 30.5 Å². The molecular weight excluding hydrogens is 228 g/mol. The molecule has 5 heteroatoms. The van der Waals surface area contributed by atoms with Gasteiger partial charge in [-0.2, -0.15) is 0 Å². The zero-order valence-corrected chi connectivity index (χ0v) is 10.7. The van der Waals surface area contributed by atoms with E-state index >= 15 is 0 Å². The van der Waals surface area contributed by atoms with E-state index in [4.69, 9.17) is 5.73 Å². The Kier molecular flexibility index (Phi) is 4.15. The molecule has 98 valence electrons. The van der Waals surface area contributed by atoms with Gasteiger partial charge < -0.3 is 16.0 Å². The Labute approximate surface area is 107 Å². The summed E-state index contributed by atoms with van der Waals surface area (Å²) in [5.41, 5.74) is 6.59. The van der Waals surface area contributed by atoms with Crippen molar-refractivity contribution < 1.29 is 4.79 Å². The van der Waals surface area contributed by atoms with Crippen LogP contribution in [0.25, 0.3) is 0 Å². The van der Waals surface area contributed by atoms with Crippen LogP contribution >= 0.6 is 0 Å². The molecule has 0 bridgehead atoms. The summed E-state index contributed by atoms with van der Waals surface area (Å²) < 4.78 is 0. The van der Waals surface area contributed by atoms with Crippen LogP contribution in [-0.2, 0) is 11.3 Å². The number of primary amides is 1. The van der Waals surface area contributed by atoms with E-state index in [-0.39, 0.29) is 11.9 Å². The fraction of sp³-hybridized carbons (Fsp3) is 0.538. The molecule has 1 saturated heterocycles. The van der Waals surface area contributed by atoms with Gasteiger partial charge in [-0.05, 0) is 37.9 Å². The lowest BCUT2D eigenvalue weighted by Crippen LogP contribution is -2.48. The summed E-state index contributed by atoms with van der Waals surface area (Å²) in [5, 5.41) is 3.08. The highest BCUT2D eigenvalue weighted by Crippen LogP contribution is 2.22. The third-order valence-electron chi connectivity index (χ3n) is 3.32. The molecule has 0 radical (unpaired) electrons. The van der Waals surface area contributed by atoms with Crippen LogP contribution in [0.2, 0.25) is 0 Å². The summed E-state index contributed by atoms with van der Waals surface area (Å²) in [7, 11) is 1.90. The maximum Gasteiger partial charge on any atom is 0.240 e.